The SMILES string of the molecule is CC(C)C(C(=O)/C=C(\O)C(C(C)C)C(C)C)C(C)C.Cc1cc(C)c2c(C)cc(-c3[c-]ccc4c3C(C)(C)C3c5cc(CC(C)C)ccc5SC43)nc2c1.[Ir]. The first-order valence-electron chi connectivity index (χ1n) is 20.4. The van der Waals surface area contributed by atoms with Gasteiger partial charge in [0.2, 0.25) is 0 Å². The number of ketones is 1. The predicted octanol–water partition coefficient (Wildman–Crippen LogP) is 13.9. The van der Waals surface area contributed by atoms with Crippen LogP contribution in [0.3, 0.4) is 0 Å². The van der Waals surface area contributed by atoms with Gasteiger partial charge in [-0.1, -0.05) is 107 Å². The molecule has 3 aromatic carbocycles. The van der Waals surface area contributed by atoms with Crippen LogP contribution in [0.4, 0.5) is 0 Å². The van der Waals surface area contributed by atoms with Crippen molar-refractivity contribution in [3.63, 3.8) is 0 Å². The third-order valence-electron chi connectivity index (χ3n) is 11.9. The van der Waals surface area contributed by atoms with Gasteiger partial charge in [0.1, 0.15) is 0 Å². The van der Waals surface area contributed by atoms with E-state index in [9.17, 15) is 9.90 Å². The van der Waals surface area contributed by atoms with Gasteiger partial charge < -0.3 is 5.11 Å². The van der Waals surface area contributed by atoms with E-state index >= 15 is 0 Å². The molecule has 1 aliphatic carbocycles. The van der Waals surface area contributed by atoms with Crippen molar-refractivity contribution in [1.29, 1.82) is 0 Å². The smallest absolute Gasteiger partial charge is 0.162 e. The molecule has 55 heavy (non-hydrogen) atoms. The summed E-state index contributed by atoms with van der Waals surface area (Å²) < 4.78 is 0. The van der Waals surface area contributed by atoms with E-state index in [1.54, 1.807) is 5.56 Å². The fourth-order valence-corrected chi connectivity index (χ4v) is 11.7. The first kappa shape index (κ1) is 45.0. The Morgan fingerprint density at radius 2 is 1.44 bits per heavy atom. The average molecular weight is 937 g/mol. The molecule has 0 fully saturated rings. The standard InChI is InChI=1S/C33H34NS.C17H32O2.Ir/c1-18(2)13-22-11-12-28-25(17-22)31-32(35-28)24-10-8-9-23(30(24)33(31,6)7)26-16-21(5)29-20(4)14-19(3)15-27(29)34-26;1-10(2)16(11(3)4)14(18)9-15(19)17(12(5)6)13(7)8;/h8,10-12,14-18,31-32H,13H2,1-7H3;9-13,16-18H,1-8H3;/q-1;;/b;14-9-;. The van der Waals surface area contributed by atoms with E-state index in [4.69, 9.17) is 4.98 Å². The van der Waals surface area contributed by atoms with Gasteiger partial charge in [-0.05, 0) is 108 Å². The van der Waals surface area contributed by atoms with Crippen LogP contribution in [0, 0.1) is 68.3 Å². The summed E-state index contributed by atoms with van der Waals surface area (Å²) in [7, 11) is 0. The number of aromatic nitrogens is 1. The Kier molecular flexibility index (Phi) is 14.6. The number of thioether (sulfide) groups is 1. The van der Waals surface area contributed by atoms with Crippen LogP contribution >= 0.6 is 11.8 Å². The number of hydrogen-bond donors (Lipinski definition) is 1. The molecule has 6 rings (SSSR count). The zero-order valence-corrected chi connectivity index (χ0v) is 39.4. The molecule has 2 atom stereocenters. The van der Waals surface area contributed by atoms with Crippen molar-refractivity contribution in [2.75, 3.05) is 0 Å². The number of allylic oxidation sites excluding steroid dienone is 2. The van der Waals surface area contributed by atoms with E-state index in [2.05, 4.69) is 170 Å². The number of aliphatic hydroxyl groups excluding tert-OH is 1. The first-order valence-corrected chi connectivity index (χ1v) is 21.3. The minimum Gasteiger partial charge on any atom is -0.512 e. The van der Waals surface area contributed by atoms with Gasteiger partial charge >= 0.3 is 0 Å². The predicted molar refractivity (Wildman–Crippen MR) is 232 cm³/mol. The maximum Gasteiger partial charge on any atom is 0.162 e. The van der Waals surface area contributed by atoms with E-state index in [1.165, 1.54) is 55.3 Å². The normalized spacial score (nSPS) is 17.3. The van der Waals surface area contributed by atoms with Crippen LogP contribution in [0.25, 0.3) is 22.2 Å². The van der Waals surface area contributed by atoms with Crippen molar-refractivity contribution < 1.29 is 30.0 Å². The van der Waals surface area contributed by atoms with E-state index < -0.39 is 0 Å². The minimum absolute atomic E-state index is 0. The van der Waals surface area contributed by atoms with Crippen LogP contribution in [0.2, 0.25) is 0 Å². The summed E-state index contributed by atoms with van der Waals surface area (Å²) in [6.45, 7) is 32.7. The number of aryl methyl sites for hydroxylation is 3. The molecule has 4 aromatic rings. The van der Waals surface area contributed by atoms with Crippen molar-refractivity contribution in [3.05, 3.63) is 105 Å². The largest absolute Gasteiger partial charge is 0.512 e. The summed E-state index contributed by atoms with van der Waals surface area (Å²) in [6.07, 6.45) is 2.62. The number of pyridine rings is 1. The second kappa shape index (κ2) is 17.8. The van der Waals surface area contributed by atoms with Crippen LogP contribution < -0.4 is 0 Å². The minimum atomic E-state index is -0.0119. The maximum atomic E-state index is 12.3. The number of fused-ring (bicyclic) bond motifs is 6. The molecule has 2 unspecified atom stereocenters. The number of hydrogen-bond acceptors (Lipinski definition) is 4. The van der Waals surface area contributed by atoms with Gasteiger partial charge in [0.25, 0.3) is 0 Å². The van der Waals surface area contributed by atoms with Crippen molar-refractivity contribution in [3.8, 4) is 11.3 Å². The van der Waals surface area contributed by atoms with Crippen LogP contribution in [-0.2, 0) is 36.7 Å². The molecule has 1 radical (unpaired) electrons. The van der Waals surface area contributed by atoms with Gasteiger partial charge in [0.05, 0.1) is 11.3 Å². The monoisotopic (exact) mass is 937 g/mol. The Bertz CT molecular complexity index is 2020. The first-order chi connectivity index (χ1) is 25.2. The third-order valence-corrected chi connectivity index (χ3v) is 13.3. The number of rotatable bonds is 10. The fourth-order valence-electron chi connectivity index (χ4n) is 10.1. The van der Waals surface area contributed by atoms with E-state index in [1.807, 2.05) is 0 Å². The average Bonchev–Trinajstić information content (AvgIpc) is 3.52. The fraction of sp³-hybridized carbons (Fsp3) is 0.520. The van der Waals surface area contributed by atoms with Crippen LogP contribution in [0.1, 0.15) is 133 Å². The van der Waals surface area contributed by atoms with Crippen molar-refractivity contribution in [2.45, 2.75) is 132 Å². The molecule has 1 N–H and O–H groups in total. The molecule has 2 aliphatic rings. The van der Waals surface area contributed by atoms with Crippen LogP contribution in [-0.4, -0.2) is 15.9 Å². The Morgan fingerprint density at radius 3 is 2.02 bits per heavy atom. The molecule has 1 aromatic heterocycles. The molecule has 5 heteroatoms. The van der Waals surface area contributed by atoms with Crippen molar-refractivity contribution >= 4 is 28.4 Å². The summed E-state index contributed by atoms with van der Waals surface area (Å²) in [5.41, 5.74) is 13.1. The Morgan fingerprint density at radius 1 is 0.836 bits per heavy atom. The molecule has 3 nitrogen and oxygen atoms in total. The zero-order valence-electron chi connectivity index (χ0n) is 36.1. The summed E-state index contributed by atoms with van der Waals surface area (Å²) in [4.78, 5) is 19.0. The maximum absolute atomic E-state index is 12.3. The number of aliphatic hydroxyl groups is 1. The van der Waals surface area contributed by atoms with Gasteiger partial charge in [-0.15, -0.1) is 46.7 Å². The molecular formula is C50H66IrNO2S-. The topological polar surface area (TPSA) is 50.2 Å². The second-order valence-corrected chi connectivity index (χ2v) is 19.9. The third kappa shape index (κ3) is 9.21. The molecule has 0 saturated carbocycles. The summed E-state index contributed by atoms with van der Waals surface area (Å²) in [6, 6.07) is 22.1. The van der Waals surface area contributed by atoms with E-state index in [0.29, 0.717) is 40.8 Å². The summed E-state index contributed by atoms with van der Waals surface area (Å²) in [5, 5.41) is 12.0. The number of nitrogens with zero attached hydrogens (tertiary/aromatic N) is 1. The van der Waals surface area contributed by atoms with E-state index in [-0.39, 0.29) is 48.9 Å². The van der Waals surface area contributed by atoms with Gasteiger partial charge in [0.15, 0.2) is 5.78 Å². The quantitative estimate of drug-likeness (QED) is 0.0978. The van der Waals surface area contributed by atoms with Crippen molar-refractivity contribution in [1.82, 2.24) is 4.98 Å². The number of carbonyl (C=O) groups excluding carboxylic acids is 1. The summed E-state index contributed by atoms with van der Waals surface area (Å²) in [5.74, 6) is 2.77. The summed E-state index contributed by atoms with van der Waals surface area (Å²) >= 11 is 2.06. The second-order valence-electron chi connectivity index (χ2n) is 18.7. The van der Waals surface area contributed by atoms with Crippen LogP contribution in [0.15, 0.2) is 65.3 Å². The Labute approximate surface area is 351 Å². The molecule has 299 valence electrons. The van der Waals surface area contributed by atoms with Crippen molar-refractivity contribution in [2.24, 2.45) is 41.4 Å². The molecule has 0 saturated heterocycles. The number of benzene rings is 3. The van der Waals surface area contributed by atoms with Gasteiger partial charge in [-0.25, -0.2) is 0 Å². The van der Waals surface area contributed by atoms with Gasteiger partial charge in [-0.3, -0.25) is 9.78 Å². The molecule has 0 spiro atoms. The van der Waals surface area contributed by atoms with Gasteiger partial charge in [0, 0.05) is 59.5 Å². The van der Waals surface area contributed by atoms with Gasteiger partial charge in [-0.2, -0.15) is 0 Å². The number of carbonyl (C=O) groups is 1. The molecule has 0 bridgehead atoms. The molecular weight excluding hydrogens is 871 g/mol. The molecule has 1 aliphatic heterocycles. The Hall–Kier alpha value is -2.72. The van der Waals surface area contributed by atoms with E-state index in [0.717, 1.165) is 17.6 Å². The zero-order chi connectivity index (χ0) is 40.0. The Balaban J connectivity index is 0.000000290. The molecule has 2 heterocycles. The molecule has 0 amide bonds. The van der Waals surface area contributed by atoms with Crippen LogP contribution in [0.5, 0.6) is 0 Å².